The number of carbonyl (C=O) groups is 3. The Morgan fingerprint density at radius 2 is 1.66 bits per heavy atom. The average molecular weight is 458 g/mol. The van der Waals surface area contributed by atoms with Crippen LogP contribution < -0.4 is 15.8 Å². The largest absolute Gasteiger partial charge is 0.311 e. The summed E-state index contributed by atoms with van der Waals surface area (Å²) in [7, 11) is 0. The minimum absolute atomic E-state index is 0.0695. The standard InChI is InChI=1S/C22H24BrN3O3/c1-3-14-6-5-7-15(4-2)20(14)26-13-17(12-19(26)27)22(29)25-24-21(28)16-8-10-18(23)11-9-16/h5-11,17H,3-4,12-13H2,1-2H3,(H,24,28)(H,25,29)/t17-/m1/s1. The Morgan fingerprint density at radius 3 is 2.24 bits per heavy atom. The summed E-state index contributed by atoms with van der Waals surface area (Å²) in [6, 6.07) is 12.9. The minimum Gasteiger partial charge on any atom is -0.311 e. The van der Waals surface area contributed by atoms with Crippen molar-refractivity contribution in [1.82, 2.24) is 10.9 Å². The molecule has 152 valence electrons. The lowest BCUT2D eigenvalue weighted by atomic mass is 10.0. The topological polar surface area (TPSA) is 78.5 Å². The van der Waals surface area contributed by atoms with E-state index < -0.39 is 11.8 Å². The molecular formula is C22H24BrN3O3. The molecule has 0 bridgehead atoms. The maximum Gasteiger partial charge on any atom is 0.269 e. The van der Waals surface area contributed by atoms with Gasteiger partial charge in [0, 0.05) is 28.7 Å². The van der Waals surface area contributed by atoms with Gasteiger partial charge in [-0.25, -0.2) is 0 Å². The Morgan fingerprint density at radius 1 is 1.03 bits per heavy atom. The lowest BCUT2D eigenvalue weighted by molar-refractivity contribution is -0.126. The van der Waals surface area contributed by atoms with Crippen LogP contribution in [0.3, 0.4) is 0 Å². The fraction of sp³-hybridized carbons (Fsp3) is 0.318. The molecule has 0 aliphatic carbocycles. The summed E-state index contributed by atoms with van der Waals surface area (Å²) >= 11 is 3.31. The SMILES string of the molecule is CCc1cccc(CC)c1N1C[C@H](C(=O)NNC(=O)c2ccc(Br)cc2)CC1=O. The first-order valence-corrected chi connectivity index (χ1v) is 10.5. The molecule has 2 N–H and O–H groups in total. The number of rotatable bonds is 5. The number of benzene rings is 2. The lowest BCUT2D eigenvalue weighted by Crippen LogP contribution is -2.45. The third-order valence-corrected chi connectivity index (χ3v) is 5.66. The molecule has 2 aromatic rings. The molecule has 1 heterocycles. The smallest absolute Gasteiger partial charge is 0.269 e. The first kappa shape index (κ1) is 21.0. The molecule has 0 unspecified atom stereocenters. The Kier molecular flexibility index (Phi) is 6.69. The predicted octanol–water partition coefficient (Wildman–Crippen LogP) is 3.39. The highest BCUT2D eigenvalue weighted by Gasteiger charge is 2.36. The van der Waals surface area contributed by atoms with E-state index in [1.54, 1.807) is 29.2 Å². The Balaban J connectivity index is 1.66. The van der Waals surface area contributed by atoms with E-state index in [0.29, 0.717) is 12.1 Å². The summed E-state index contributed by atoms with van der Waals surface area (Å²) in [6.45, 7) is 4.42. The van der Waals surface area contributed by atoms with Crippen LogP contribution in [0.5, 0.6) is 0 Å². The molecule has 1 atom stereocenters. The number of hydrogen-bond donors (Lipinski definition) is 2. The number of amides is 3. The van der Waals surface area contributed by atoms with Crippen LogP contribution >= 0.6 is 15.9 Å². The van der Waals surface area contributed by atoms with Crippen molar-refractivity contribution in [2.75, 3.05) is 11.4 Å². The number of halogens is 1. The fourth-order valence-electron chi connectivity index (χ4n) is 3.55. The van der Waals surface area contributed by atoms with Crippen molar-refractivity contribution in [2.45, 2.75) is 33.1 Å². The van der Waals surface area contributed by atoms with Gasteiger partial charge in [0.25, 0.3) is 5.91 Å². The van der Waals surface area contributed by atoms with Gasteiger partial charge in [0.15, 0.2) is 0 Å². The van der Waals surface area contributed by atoms with Gasteiger partial charge in [-0.3, -0.25) is 25.2 Å². The monoisotopic (exact) mass is 457 g/mol. The van der Waals surface area contributed by atoms with Crippen LogP contribution in [0.15, 0.2) is 46.9 Å². The highest BCUT2D eigenvalue weighted by molar-refractivity contribution is 9.10. The molecule has 1 aliphatic heterocycles. The van der Waals surface area contributed by atoms with Gasteiger partial charge >= 0.3 is 0 Å². The van der Waals surface area contributed by atoms with Crippen molar-refractivity contribution >= 4 is 39.3 Å². The fourth-order valence-corrected chi connectivity index (χ4v) is 3.82. The molecule has 0 radical (unpaired) electrons. The van der Waals surface area contributed by atoms with E-state index in [2.05, 4.69) is 40.6 Å². The van der Waals surface area contributed by atoms with Gasteiger partial charge < -0.3 is 4.90 Å². The summed E-state index contributed by atoms with van der Waals surface area (Å²) in [6.07, 6.45) is 1.75. The molecule has 1 fully saturated rings. The normalized spacial score (nSPS) is 16.0. The second-order valence-corrected chi connectivity index (χ2v) is 7.90. The number of nitrogens with one attached hydrogen (secondary N) is 2. The molecule has 7 heteroatoms. The van der Waals surface area contributed by atoms with Crippen LogP contribution in [0.25, 0.3) is 0 Å². The van der Waals surface area contributed by atoms with Crippen molar-refractivity contribution in [3.05, 3.63) is 63.6 Å². The zero-order valence-electron chi connectivity index (χ0n) is 16.5. The number of nitrogens with zero attached hydrogens (tertiary/aromatic N) is 1. The zero-order valence-corrected chi connectivity index (χ0v) is 18.1. The third-order valence-electron chi connectivity index (χ3n) is 5.14. The van der Waals surface area contributed by atoms with Gasteiger partial charge in [0.2, 0.25) is 11.8 Å². The van der Waals surface area contributed by atoms with Crippen LogP contribution in [0.4, 0.5) is 5.69 Å². The Labute approximate surface area is 178 Å². The van der Waals surface area contributed by atoms with Crippen LogP contribution in [0.1, 0.15) is 41.8 Å². The van der Waals surface area contributed by atoms with Crippen molar-refractivity contribution < 1.29 is 14.4 Å². The van der Waals surface area contributed by atoms with Gasteiger partial charge in [-0.2, -0.15) is 0 Å². The van der Waals surface area contributed by atoms with Crippen LogP contribution in [-0.2, 0) is 22.4 Å². The van der Waals surface area contributed by atoms with Crippen molar-refractivity contribution in [1.29, 1.82) is 0 Å². The number of aryl methyl sites for hydroxylation is 2. The van der Waals surface area contributed by atoms with E-state index in [1.165, 1.54) is 0 Å². The van der Waals surface area contributed by atoms with Crippen LogP contribution in [0, 0.1) is 5.92 Å². The molecule has 0 saturated carbocycles. The zero-order chi connectivity index (χ0) is 21.0. The van der Waals surface area contributed by atoms with Gasteiger partial charge in [0.05, 0.1) is 5.92 Å². The number of hydrazine groups is 1. The molecule has 1 aliphatic rings. The van der Waals surface area contributed by atoms with Crippen molar-refractivity contribution in [3.63, 3.8) is 0 Å². The average Bonchev–Trinajstić information content (AvgIpc) is 3.12. The summed E-state index contributed by atoms with van der Waals surface area (Å²) in [4.78, 5) is 39.1. The first-order valence-electron chi connectivity index (χ1n) is 9.71. The van der Waals surface area contributed by atoms with E-state index >= 15 is 0 Å². The summed E-state index contributed by atoms with van der Waals surface area (Å²) < 4.78 is 0.862. The van der Waals surface area contributed by atoms with Gasteiger partial charge in [-0.15, -0.1) is 0 Å². The van der Waals surface area contributed by atoms with Gasteiger partial charge in [-0.05, 0) is 48.2 Å². The van der Waals surface area contributed by atoms with E-state index in [-0.39, 0.29) is 18.2 Å². The number of carbonyl (C=O) groups excluding carboxylic acids is 3. The summed E-state index contributed by atoms with van der Waals surface area (Å²) in [5.41, 5.74) is 8.44. The second-order valence-electron chi connectivity index (χ2n) is 6.99. The van der Waals surface area contributed by atoms with E-state index in [0.717, 1.165) is 34.1 Å². The van der Waals surface area contributed by atoms with Gasteiger partial charge in [-0.1, -0.05) is 48.0 Å². The number of hydrogen-bond acceptors (Lipinski definition) is 3. The Bertz CT molecular complexity index is 905. The quantitative estimate of drug-likeness (QED) is 0.675. The highest BCUT2D eigenvalue weighted by atomic mass is 79.9. The third kappa shape index (κ3) is 4.67. The molecule has 0 aromatic heterocycles. The van der Waals surface area contributed by atoms with Crippen LogP contribution in [0.2, 0.25) is 0 Å². The minimum atomic E-state index is -0.512. The molecular weight excluding hydrogens is 434 g/mol. The maximum atomic E-state index is 12.7. The molecule has 6 nitrogen and oxygen atoms in total. The van der Waals surface area contributed by atoms with E-state index in [4.69, 9.17) is 0 Å². The number of anilines is 1. The van der Waals surface area contributed by atoms with Crippen molar-refractivity contribution in [3.8, 4) is 0 Å². The Hall–Kier alpha value is -2.67. The molecule has 1 saturated heterocycles. The second kappa shape index (κ2) is 9.22. The molecule has 3 rings (SSSR count). The lowest BCUT2D eigenvalue weighted by Gasteiger charge is -2.23. The van der Waals surface area contributed by atoms with E-state index in [9.17, 15) is 14.4 Å². The van der Waals surface area contributed by atoms with Gasteiger partial charge in [0.1, 0.15) is 0 Å². The molecule has 2 aromatic carbocycles. The first-order chi connectivity index (χ1) is 13.9. The highest BCUT2D eigenvalue weighted by Crippen LogP contribution is 2.32. The molecule has 3 amide bonds. The summed E-state index contributed by atoms with van der Waals surface area (Å²) in [5, 5.41) is 0. The number of para-hydroxylation sites is 1. The van der Waals surface area contributed by atoms with Crippen LogP contribution in [-0.4, -0.2) is 24.3 Å². The summed E-state index contributed by atoms with van der Waals surface area (Å²) in [5.74, 6) is -1.35. The molecule has 0 spiro atoms. The van der Waals surface area contributed by atoms with Crippen molar-refractivity contribution in [2.24, 2.45) is 5.92 Å². The molecule has 29 heavy (non-hydrogen) atoms. The maximum absolute atomic E-state index is 12.7. The predicted molar refractivity (Wildman–Crippen MR) is 115 cm³/mol. The van der Waals surface area contributed by atoms with E-state index in [1.807, 2.05) is 18.2 Å².